The van der Waals surface area contributed by atoms with Gasteiger partial charge in [0.1, 0.15) is 5.01 Å². The fourth-order valence-corrected chi connectivity index (χ4v) is 4.97. The number of hydrogen-bond donors (Lipinski definition) is 1. The third kappa shape index (κ3) is 4.70. The van der Waals surface area contributed by atoms with Crippen LogP contribution in [0.15, 0.2) is 34.8 Å². The van der Waals surface area contributed by atoms with Gasteiger partial charge in [-0.05, 0) is 30.9 Å². The molecule has 2 aromatic heterocycles. The SMILES string of the molecule is O=C(O)CSc1cnc(CC(=O)c2cn(CC3CC3)c3cc(C(F)(F)F)ccc23)s1. The van der Waals surface area contributed by atoms with Crippen molar-refractivity contribution in [3.63, 3.8) is 0 Å². The zero-order chi connectivity index (χ0) is 21.5. The van der Waals surface area contributed by atoms with Crippen molar-refractivity contribution in [3.05, 3.63) is 46.7 Å². The number of benzene rings is 1. The summed E-state index contributed by atoms with van der Waals surface area (Å²) in [7, 11) is 0. The highest BCUT2D eigenvalue weighted by molar-refractivity contribution is 8.01. The predicted molar refractivity (Wildman–Crippen MR) is 108 cm³/mol. The van der Waals surface area contributed by atoms with Crippen molar-refractivity contribution < 1.29 is 27.9 Å². The average Bonchev–Trinajstić information content (AvgIpc) is 3.26. The maximum absolute atomic E-state index is 13.2. The van der Waals surface area contributed by atoms with E-state index in [4.69, 9.17) is 5.11 Å². The van der Waals surface area contributed by atoms with E-state index in [0.717, 1.165) is 36.7 Å². The second kappa shape index (κ2) is 8.07. The van der Waals surface area contributed by atoms with Crippen LogP contribution in [-0.4, -0.2) is 32.2 Å². The third-order valence-corrected chi connectivity index (χ3v) is 7.02. The van der Waals surface area contributed by atoms with Gasteiger partial charge >= 0.3 is 12.1 Å². The van der Waals surface area contributed by atoms with Crippen molar-refractivity contribution >= 4 is 45.8 Å². The average molecular weight is 454 g/mol. The van der Waals surface area contributed by atoms with Crippen molar-refractivity contribution in [1.82, 2.24) is 9.55 Å². The standard InChI is InChI=1S/C20H17F3N2O3S2/c21-20(22,23)12-3-4-13-14(9-25(15(13)5-12)8-11-1-2-11)16(26)6-17-24-7-19(30-17)29-10-18(27)28/h3-5,7,9,11H,1-2,6,8,10H2,(H,27,28). The number of Topliss-reactive ketones (excluding diaryl/α,β-unsaturated/α-hetero) is 1. The van der Waals surface area contributed by atoms with E-state index in [-0.39, 0.29) is 18.0 Å². The number of carboxylic acids is 1. The van der Waals surface area contributed by atoms with Crippen LogP contribution in [0.3, 0.4) is 0 Å². The number of alkyl halides is 3. The first-order valence-corrected chi connectivity index (χ1v) is 11.0. The van der Waals surface area contributed by atoms with Gasteiger partial charge in [-0.2, -0.15) is 13.2 Å². The molecule has 0 radical (unpaired) electrons. The molecule has 0 spiro atoms. The molecule has 5 nitrogen and oxygen atoms in total. The molecule has 4 rings (SSSR count). The summed E-state index contributed by atoms with van der Waals surface area (Å²) >= 11 is 2.38. The summed E-state index contributed by atoms with van der Waals surface area (Å²) in [6.07, 6.45) is 0.835. The fourth-order valence-electron chi connectivity index (χ4n) is 3.23. The largest absolute Gasteiger partial charge is 0.481 e. The first kappa shape index (κ1) is 20.9. The Bertz CT molecular complexity index is 1120. The Morgan fingerprint density at radius 3 is 2.73 bits per heavy atom. The van der Waals surface area contributed by atoms with Crippen LogP contribution >= 0.6 is 23.1 Å². The number of carbonyl (C=O) groups excluding carboxylic acids is 1. The van der Waals surface area contributed by atoms with E-state index in [9.17, 15) is 22.8 Å². The summed E-state index contributed by atoms with van der Waals surface area (Å²) in [6, 6.07) is 3.48. The maximum atomic E-state index is 13.2. The number of thioether (sulfide) groups is 1. The van der Waals surface area contributed by atoms with Gasteiger partial charge < -0.3 is 9.67 Å². The minimum absolute atomic E-state index is 0.0157. The van der Waals surface area contributed by atoms with E-state index in [1.165, 1.54) is 23.6 Å². The minimum atomic E-state index is -4.45. The highest BCUT2D eigenvalue weighted by Crippen LogP contribution is 2.36. The van der Waals surface area contributed by atoms with E-state index in [0.29, 0.717) is 38.1 Å². The van der Waals surface area contributed by atoms with E-state index >= 15 is 0 Å². The van der Waals surface area contributed by atoms with Crippen LogP contribution < -0.4 is 0 Å². The van der Waals surface area contributed by atoms with E-state index in [1.807, 2.05) is 0 Å². The lowest BCUT2D eigenvalue weighted by molar-refractivity contribution is -0.137. The molecule has 1 N–H and O–H groups in total. The first-order chi connectivity index (χ1) is 14.2. The van der Waals surface area contributed by atoms with Crippen molar-refractivity contribution in [2.45, 2.75) is 36.2 Å². The van der Waals surface area contributed by atoms with Gasteiger partial charge in [0.05, 0.1) is 28.1 Å². The number of carbonyl (C=O) groups is 2. The number of rotatable bonds is 8. The molecule has 0 atom stereocenters. The number of carboxylic acid groups (broad SMARTS) is 1. The van der Waals surface area contributed by atoms with Crippen LogP contribution in [0.4, 0.5) is 13.2 Å². The van der Waals surface area contributed by atoms with Crippen LogP contribution in [0, 0.1) is 5.92 Å². The number of nitrogens with zero attached hydrogens (tertiary/aromatic N) is 2. The number of aliphatic carboxylic acids is 1. The van der Waals surface area contributed by atoms with Crippen LogP contribution in [0.5, 0.6) is 0 Å². The van der Waals surface area contributed by atoms with Gasteiger partial charge in [0.15, 0.2) is 5.78 Å². The molecule has 1 aliphatic rings. The van der Waals surface area contributed by atoms with E-state index in [2.05, 4.69) is 4.98 Å². The molecule has 0 amide bonds. The number of halogens is 3. The smallest absolute Gasteiger partial charge is 0.416 e. The van der Waals surface area contributed by atoms with Gasteiger partial charge in [-0.1, -0.05) is 6.07 Å². The van der Waals surface area contributed by atoms with Crippen LogP contribution in [0.25, 0.3) is 10.9 Å². The number of aromatic nitrogens is 2. The van der Waals surface area contributed by atoms with Gasteiger partial charge in [0, 0.05) is 29.2 Å². The lowest BCUT2D eigenvalue weighted by atomic mass is 10.1. The molecule has 0 saturated heterocycles. The normalized spacial score (nSPS) is 14.4. The Morgan fingerprint density at radius 2 is 2.07 bits per heavy atom. The third-order valence-electron chi connectivity index (χ3n) is 4.84. The maximum Gasteiger partial charge on any atom is 0.416 e. The quantitative estimate of drug-likeness (QED) is 0.377. The van der Waals surface area contributed by atoms with Gasteiger partial charge in [0.25, 0.3) is 0 Å². The second-order valence-electron chi connectivity index (χ2n) is 7.22. The summed E-state index contributed by atoms with van der Waals surface area (Å²) in [5, 5.41) is 9.80. The van der Waals surface area contributed by atoms with Crippen LogP contribution in [-0.2, 0) is 23.9 Å². The molecule has 3 aromatic rings. The monoisotopic (exact) mass is 454 g/mol. The fraction of sp³-hybridized carbons (Fsp3) is 0.350. The van der Waals surface area contributed by atoms with Gasteiger partial charge in [-0.25, -0.2) is 4.98 Å². The minimum Gasteiger partial charge on any atom is -0.481 e. The number of thiazole rings is 1. The molecule has 0 unspecified atom stereocenters. The Labute approximate surface area is 177 Å². The molecule has 158 valence electrons. The highest BCUT2D eigenvalue weighted by atomic mass is 32.2. The molecule has 30 heavy (non-hydrogen) atoms. The van der Waals surface area contributed by atoms with Gasteiger partial charge in [0.2, 0.25) is 0 Å². The van der Waals surface area contributed by atoms with Crippen molar-refractivity contribution in [2.24, 2.45) is 5.92 Å². The molecule has 0 bridgehead atoms. The van der Waals surface area contributed by atoms with Gasteiger partial charge in [-0.3, -0.25) is 9.59 Å². The van der Waals surface area contributed by atoms with Crippen molar-refractivity contribution in [1.29, 1.82) is 0 Å². The van der Waals surface area contributed by atoms with E-state index in [1.54, 1.807) is 10.8 Å². The molecular formula is C20H17F3N2O3S2. The molecule has 1 aliphatic carbocycles. The molecule has 10 heteroatoms. The van der Waals surface area contributed by atoms with Crippen molar-refractivity contribution in [2.75, 3.05) is 5.75 Å². The highest BCUT2D eigenvalue weighted by Gasteiger charge is 2.32. The van der Waals surface area contributed by atoms with Crippen LogP contribution in [0.2, 0.25) is 0 Å². The molecule has 2 heterocycles. The predicted octanol–water partition coefficient (Wildman–Crippen LogP) is 5.13. The molecule has 1 fully saturated rings. The lowest BCUT2D eigenvalue weighted by Gasteiger charge is -2.08. The summed E-state index contributed by atoms with van der Waals surface area (Å²) < 4.78 is 42.0. The Hall–Kier alpha value is -2.33. The summed E-state index contributed by atoms with van der Waals surface area (Å²) in [5.74, 6) is -0.816. The Balaban J connectivity index is 1.61. The summed E-state index contributed by atoms with van der Waals surface area (Å²) in [6.45, 7) is 0.596. The topological polar surface area (TPSA) is 72.2 Å². The first-order valence-electron chi connectivity index (χ1n) is 9.23. The Kier molecular flexibility index (Phi) is 5.63. The number of ketones is 1. The molecular weight excluding hydrogens is 437 g/mol. The number of fused-ring (bicyclic) bond motifs is 1. The van der Waals surface area contributed by atoms with E-state index < -0.39 is 17.7 Å². The van der Waals surface area contributed by atoms with Gasteiger partial charge in [-0.15, -0.1) is 23.1 Å². The number of hydrogen-bond acceptors (Lipinski definition) is 5. The second-order valence-corrected chi connectivity index (χ2v) is 9.61. The zero-order valence-corrected chi connectivity index (χ0v) is 17.2. The summed E-state index contributed by atoms with van der Waals surface area (Å²) in [5.41, 5.74) is 0.0652. The molecule has 0 aliphatic heterocycles. The molecule has 1 aromatic carbocycles. The summed E-state index contributed by atoms with van der Waals surface area (Å²) in [4.78, 5) is 27.8. The van der Waals surface area contributed by atoms with Crippen LogP contribution in [0.1, 0.15) is 33.8 Å². The zero-order valence-electron chi connectivity index (χ0n) is 15.6. The lowest BCUT2D eigenvalue weighted by Crippen LogP contribution is -2.05. The molecule has 1 saturated carbocycles. The Morgan fingerprint density at radius 1 is 1.30 bits per heavy atom. The van der Waals surface area contributed by atoms with Crippen molar-refractivity contribution in [3.8, 4) is 0 Å².